The second kappa shape index (κ2) is 6.51. The number of nitrogens with one attached hydrogen (secondary N) is 1. The molecule has 92 valence electrons. The fourth-order valence-corrected chi connectivity index (χ4v) is 2.40. The average molecular weight is 227 g/mol. The fourth-order valence-electron chi connectivity index (χ4n) is 2.40. The molecule has 4 heteroatoms. The summed E-state index contributed by atoms with van der Waals surface area (Å²) in [5.74, 6) is -0.726. The first-order valence-electron chi connectivity index (χ1n) is 6.09. The van der Waals surface area contributed by atoms with Gasteiger partial charge in [-0.2, -0.15) is 0 Å². The minimum atomic E-state index is -0.917. The summed E-state index contributed by atoms with van der Waals surface area (Å²) in [4.78, 5) is 21.9. The first kappa shape index (κ1) is 13.0. The van der Waals surface area contributed by atoms with Gasteiger partial charge in [-0.25, -0.2) is 4.79 Å². The van der Waals surface area contributed by atoms with E-state index < -0.39 is 12.0 Å². The van der Waals surface area contributed by atoms with E-state index in [9.17, 15) is 9.59 Å². The van der Waals surface area contributed by atoms with Gasteiger partial charge >= 0.3 is 5.97 Å². The van der Waals surface area contributed by atoms with E-state index in [-0.39, 0.29) is 5.91 Å². The second-order valence-electron chi connectivity index (χ2n) is 4.68. The van der Waals surface area contributed by atoms with Gasteiger partial charge in [-0.05, 0) is 12.3 Å². The summed E-state index contributed by atoms with van der Waals surface area (Å²) in [5, 5.41) is 11.5. The fraction of sp³-hybridized carbons (Fsp3) is 0.833. The van der Waals surface area contributed by atoms with E-state index in [4.69, 9.17) is 5.11 Å². The Balaban J connectivity index is 2.45. The number of carboxylic acid groups (broad SMARTS) is 1. The summed E-state index contributed by atoms with van der Waals surface area (Å²) in [7, 11) is 0. The van der Waals surface area contributed by atoms with Crippen LogP contribution in [0.4, 0.5) is 0 Å². The van der Waals surface area contributed by atoms with Crippen molar-refractivity contribution in [3.63, 3.8) is 0 Å². The average Bonchev–Trinajstić information content (AvgIpc) is 2.44. The molecule has 0 radical (unpaired) electrons. The minimum Gasteiger partial charge on any atom is -0.480 e. The molecule has 0 aromatic carbocycles. The van der Waals surface area contributed by atoms with Gasteiger partial charge in [0, 0.05) is 6.92 Å². The van der Waals surface area contributed by atoms with Gasteiger partial charge in [0.25, 0.3) is 0 Å². The smallest absolute Gasteiger partial charge is 0.326 e. The third-order valence-corrected chi connectivity index (χ3v) is 3.22. The van der Waals surface area contributed by atoms with Crippen LogP contribution in [0.25, 0.3) is 0 Å². The normalized spacial score (nSPS) is 19.8. The second-order valence-corrected chi connectivity index (χ2v) is 4.68. The summed E-state index contributed by atoms with van der Waals surface area (Å²) in [6.45, 7) is 1.36. The molecule has 1 rings (SSSR count). The summed E-state index contributed by atoms with van der Waals surface area (Å²) in [5.41, 5.74) is 0. The van der Waals surface area contributed by atoms with Crippen molar-refractivity contribution in [1.82, 2.24) is 5.32 Å². The highest BCUT2D eigenvalue weighted by atomic mass is 16.4. The number of hydrogen-bond acceptors (Lipinski definition) is 2. The Kier molecular flexibility index (Phi) is 5.29. The summed E-state index contributed by atoms with van der Waals surface area (Å²) in [6.07, 6.45) is 7.68. The minimum absolute atomic E-state index is 0.263. The molecule has 1 amide bonds. The molecule has 1 saturated carbocycles. The zero-order valence-corrected chi connectivity index (χ0v) is 9.87. The van der Waals surface area contributed by atoms with Gasteiger partial charge in [-0.1, -0.05) is 38.5 Å². The zero-order valence-electron chi connectivity index (χ0n) is 9.87. The molecule has 1 aliphatic carbocycles. The molecule has 4 nitrogen and oxygen atoms in total. The van der Waals surface area contributed by atoms with Crippen LogP contribution < -0.4 is 5.32 Å². The van der Waals surface area contributed by atoms with Crippen LogP contribution in [0.2, 0.25) is 0 Å². The number of hydrogen-bond donors (Lipinski definition) is 2. The lowest BCUT2D eigenvalue weighted by Gasteiger charge is -2.19. The summed E-state index contributed by atoms with van der Waals surface area (Å²) >= 11 is 0. The Bertz CT molecular complexity index is 245. The quantitative estimate of drug-likeness (QED) is 0.721. The van der Waals surface area contributed by atoms with Gasteiger partial charge < -0.3 is 10.4 Å². The molecule has 0 aromatic heterocycles. The molecule has 2 N–H and O–H groups in total. The third kappa shape index (κ3) is 4.64. The van der Waals surface area contributed by atoms with Crippen molar-refractivity contribution in [1.29, 1.82) is 0 Å². The maximum absolute atomic E-state index is 11.0. The first-order chi connectivity index (χ1) is 7.59. The molecule has 1 fully saturated rings. The molecule has 16 heavy (non-hydrogen) atoms. The van der Waals surface area contributed by atoms with Crippen LogP contribution in [0.3, 0.4) is 0 Å². The largest absolute Gasteiger partial charge is 0.480 e. The Morgan fingerprint density at radius 1 is 1.25 bits per heavy atom. The molecular weight excluding hydrogens is 206 g/mol. The maximum Gasteiger partial charge on any atom is 0.326 e. The summed E-state index contributed by atoms with van der Waals surface area (Å²) in [6, 6.07) is -0.708. The molecule has 0 heterocycles. The molecule has 0 spiro atoms. The van der Waals surface area contributed by atoms with Gasteiger partial charge in [0.2, 0.25) is 5.91 Å². The summed E-state index contributed by atoms with van der Waals surface area (Å²) < 4.78 is 0. The molecular formula is C12H21NO3. The van der Waals surface area contributed by atoms with Crippen molar-refractivity contribution < 1.29 is 14.7 Å². The Hall–Kier alpha value is -1.06. The lowest BCUT2D eigenvalue weighted by molar-refractivity contribution is -0.142. The van der Waals surface area contributed by atoms with Crippen LogP contribution in [0, 0.1) is 5.92 Å². The van der Waals surface area contributed by atoms with Crippen LogP contribution in [0.1, 0.15) is 51.9 Å². The predicted octanol–water partition coefficient (Wildman–Crippen LogP) is 1.94. The Morgan fingerprint density at radius 3 is 2.25 bits per heavy atom. The Labute approximate surface area is 96.4 Å². The van der Waals surface area contributed by atoms with Crippen LogP contribution >= 0.6 is 0 Å². The van der Waals surface area contributed by atoms with Crippen molar-refractivity contribution in [2.45, 2.75) is 57.9 Å². The van der Waals surface area contributed by atoms with E-state index in [1.165, 1.54) is 32.6 Å². The highest BCUT2D eigenvalue weighted by Crippen LogP contribution is 2.26. The number of amides is 1. The highest BCUT2D eigenvalue weighted by molar-refractivity contribution is 5.81. The topological polar surface area (TPSA) is 66.4 Å². The van der Waals surface area contributed by atoms with Crippen LogP contribution in [0.5, 0.6) is 0 Å². The number of carboxylic acids is 1. The van der Waals surface area contributed by atoms with Crippen LogP contribution in [-0.2, 0) is 9.59 Å². The van der Waals surface area contributed by atoms with Crippen molar-refractivity contribution in [2.75, 3.05) is 0 Å². The molecule has 0 aliphatic heterocycles. The number of aliphatic carboxylic acids is 1. The van der Waals surface area contributed by atoms with Crippen molar-refractivity contribution in [2.24, 2.45) is 5.92 Å². The van der Waals surface area contributed by atoms with Crippen molar-refractivity contribution in [3.8, 4) is 0 Å². The van der Waals surface area contributed by atoms with Crippen LogP contribution in [-0.4, -0.2) is 23.0 Å². The number of rotatable bonds is 4. The van der Waals surface area contributed by atoms with Crippen LogP contribution in [0.15, 0.2) is 0 Å². The maximum atomic E-state index is 11.0. The molecule has 0 saturated heterocycles. The van der Waals surface area contributed by atoms with E-state index in [1.807, 2.05) is 0 Å². The van der Waals surface area contributed by atoms with E-state index in [0.717, 1.165) is 12.8 Å². The molecule has 1 atom stereocenters. The lowest BCUT2D eigenvalue weighted by atomic mass is 9.92. The van der Waals surface area contributed by atoms with E-state index >= 15 is 0 Å². The highest BCUT2D eigenvalue weighted by Gasteiger charge is 2.23. The van der Waals surface area contributed by atoms with E-state index in [1.54, 1.807) is 0 Å². The van der Waals surface area contributed by atoms with Gasteiger partial charge in [-0.3, -0.25) is 4.79 Å². The van der Waals surface area contributed by atoms with Gasteiger partial charge in [0.05, 0.1) is 0 Å². The van der Waals surface area contributed by atoms with E-state index in [2.05, 4.69) is 5.32 Å². The van der Waals surface area contributed by atoms with Crippen molar-refractivity contribution in [3.05, 3.63) is 0 Å². The van der Waals surface area contributed by atoms with E-state index in [0.29, 0.717) is 12.3 Å². The van der Waals surface area contributed by atoms with Gasteiger partial charge in [0.15, 0.2) is 0 Å². The number of carbonyl (C=O) groups is 2. The molecule has 0 unspecified atom stereocenters. The Morgan fingerprint density at radius 2 is 1.81 bits per heavy atom. The standard InChI is InChI=1S/C12H21NO3/c1-9(14)13-11(12(15)16)8-10-6-4-2-3-5-7-10/h10-11H,2-8H2,1H3,(H,13,14)(H,15,16)/t11-/m0/s1. The predicted molar refractivity (Wildman–Crippen MR) is 61.0 cm³/mol. The van der Waals surface area contributed by atoms with Gasteiger partial charge in [-0.15, -0.1) is 0 Å². The SMILES string of the molecule is CC(=O)N[C@@H](CC1CCCCCC1)C(=O)O. The molecule has 0 aromatic rings. The van der Waals surface area contributed by atoms with Gasteiger partial charge in [0.1, 0.15) is 6.04 Å². The first-order valence-corrected chi connectivity index (χ1v) is 6.09. The number of carbonyl (C=O) groups excluding carboxylic acids is 1. The lowest BCUT2D eigenvalue weighted by Crippen LogP contribution is -2.40. The zero-order chi connectivity index (χ0) is 12.0. The molecule has 0 bridgehead atoms. The third-order valence-electron chi connectivity index (χ3n) is 3.22. The van der Waals surface area contributed by atoms with Crippen molar-refractivity contribution >= 4 is 11.9 Å². The monoisotopic (exact) mass is 227 g/mol. The molecule has 1 aliphatic rings.